The van der Waals surface area contributed by atoms with Gasteiger partial charge in [-0.1, -0.05) is 17.7 Å². The quantitative estimate of drug-likeness (QED) is 0.918. The molecule has 2 aromatic rings. The zero-order valence-corrected chi connectivity index (χ0v) is 11.8. The number of nitrogens with one attached hydrogen (secondary N) is 1. The molecule has 0 fully saturated rings. The smallest absolute Gasteiger partial charge is 0.0571 e. The Labute approximate surface area is 113 Å². The molecule has 1 aromatic heterocycles. The van der Waals surface area contributed by atoms with E-state index in [4.69, 9.17) is 11.6 Å². The van der Waals surface area contributed by atoms with Crippen LogP contribution in [0.2, 0.25) is 5.02 Å². The van der Waals surface area contributed by atoms with E-state index in [0.29, 0.717) is 0 Å². The van der Waals surface area contributed by atoms with Crippen molar-refractivity contribution in [3.63, 3.8) is 0 Å². The summed E-state index contributed by atoms with van der Waals surface area (Å²) < 4.78 is 2.00. The fourth-order valence-electron chi connectivity index (χ4n) is 2.12. The van der Waals surface area contributed by atoms with Crippen molar-refractivity contribution >= 4 is 11.6 Å². The SMILES string of the molecule is CCn1ncc(-c2ccc(Cl)c(CNC)c2)c1C. The Hall–Kier alpha value is -1.32. The van der Waals surface area contributed by atoms with Crippen molar-refractivity contribution in [3.05, 3.63) is 40.7 Å². The molecule has 2 rings (SSSR count). The molecule has 0 unspecified atom stereocenters. The van der Waals surface area contributed by atoms with Crippen LogP contribution in [0.5, 0.6) is 0 Å². The van der Waals surface area contributed by atoms with Crippen LogP contribution < -0.4 is 5.32 Å². The maximum absolute atomic E-state index is 6.17. The number of rotatable bonds is 4. The number of hydrogen-bond donors (Lipinski definition) is 1. The Morgan fingerprint density at radius 1 is 1.39 bits per heavy atom. The van der Waals surface area contributed by atoms with Crippen LogP contribution in [0.3, 0.4) is 0 Å². The lowest BCUT2D eigenvalue weighted by Gasteiger charge is -2.07. The molecule has 96 valence electrons. The van der Waals surface area contributed by atoms with Gasteiger partial charge in [0.1, 0.15) is 0 Å². The molecule has 18 heavy (non-hydrogen) atoms. The summed E-state index contributed by atoms with van der Waals surface area (Å²) in [7, 11) is 1.92. The van der Waals surface area contributed by atoms with E-state index in [1.165, 1.54) is 16.8 Å². The van der Waals surface area contributed by atoms with Crippen molar-refractivity contribution in [2.24, 2.45) is 0 Å². The fraction of sp³-hybridized carbons (Fsp3) is 0.357. The summed E-state index contributed by atoms with van der Waals surface area (Å²) in [6.07, 6.45) is 1.92. The minimum absolute atomic E-state index is 0.771. The lowest BCUT2D eigenvalue weighted by molar-refractivity contribution is 0.640. The first-order chi connectivity index (χ1) is 8.67. The first-order valence-corrected chi connectivity index (χ1v) is 6.51. The van der Waals surface area contributed by atoms with Crippen molar-refractivity contribution in [2.45, 2.75) is 26.9 Å². The molecule has 1 N–H and O–H groups in total. The van der Waals surface area contributed by atoms with Crippen molar-refractivity contribution in [3.8, 4) is 11.1 Å². The standard InChI is InChI=1S/C14H18ClN3/c1-4-18-10(2)13(9-17-18)11-5-6-14(15)12(7-11)8-16-3/h5-7,9,16H,4,8H2,1-3H3. The van der Waals surface area contributed by atoms with E-state index in [1.54, 1.807) is 0 Å². The van der Waals surface area contributed by atoms with Crippen molar-refractivity contribution in [2.75, 3.05) is 7.05 Å². The highest BCUT2D eigenvalue weighted by molar-refractivity contribution is 6.31. The third kappa shape index (κ3) is 2.42. The lowest BCUT2D eigenvalue weighted by Crippen LogP contribution is -2.05. The molecule has 0 saturated carbocycles. The number of benzene rings is 1. The molecular weight excluding hydrogens is 246 g/mol. The van der Waals surface area contributed by atoms with Crippen LogP contribution in [0.4, 0.5) is 0 Å². The summed E-state index contributed by atoms with van der Waals surface area (Å²) in [5, 5.41) is 8.31. The molecule has 0 aliphatic rings. The summed E-state index contributed by atoms with van der Waals surface area (Å²) in [5.74, 6) is 0. The monoisotopic (exact) mass is 263 g/mol. The second-order valence-electron chi connectivity index (χ2n) is 4.30. The third-order valence-electron chi connectivity index (χ3n) is 3.13. The van der Waals surface area contributed by atoms with Crippen LogP contribution in [-0.2, 0) is 13.1 Å². The summed E-state index contributed by atoms with van der Waals surface area (Å²) in [6, 6.07) is 6.13. The molecule has 0 atom stereocenters. The second kappa shape index (κ2) is 5.55. The van der Waals surface area contributed by atoms with Crippen LogP contribution >= 0.6 is 11.6 Å². The molecule has 0 aliphatic heterocycles. The van der Waals surface area contributed by atoms with Gasteiger partial charge in [-0.25, -0.2) is 0 Å². The van der Waals surface area contributed by atoms with Gasteiger partial charge in [-0.15, -0.1) is 0 Å². The zero-order valence-electron chi connectivity index (χ0n) is 11.0. The van der Waals surface area contributed by atoms with Gasteiger partial charge in [-0.3, -0.25) is 4.68 Å². The fourth-order valence-corrected chi connectivity index (χ4v) is 2.30. The summed E-state index contributed by atoms with van der Waals surface area (Å²) in [5.41, 5.74) is 4.64. The molecule has 1 aromatic carbocycles. The van der Waals surface area contributed by atoms with Crippen LogP contribution in [0.25, 0.3) is 11.1 Å². The Kier molecular flexibility index (Phi) is 4.04. The third-order valence-corrected chi connectivity index (χ3v) is 3.50. The van der Waals surface area contributed by atoms with Crippen LogP contribution in [-0.4, -0.2) is 16.8 Å². The molecule has 0 aliphatic carbocycles. The van der Waals surface area contributed by atoms with Crippen LogP contribution in [0.1, 0.15) is 18.2 Å². The number of aryl methyl sites for hydroxylation is 1. The van der Waals surface area contributed by atoms with Gasteiger partial charge in [0, 0.05) is 29.4 Å². The maximum Gasteiger partial charge on any atom is 0.0571 e. The van der Waals surface area contributed by atoms with Gasteiger partial charge in [-0.05, 0) is 44.2 Å². The molecule has 1 heterocycles. The Balaban J connectivity index is 2.44. The first kappa shape index (κ1) is 13.1. The average molecular weight is 264 g/mol. The van der Waals surface area contributed by atoms with Crippen molar-refractivity contribution in [1.82, 2.24) is 15.1 Å². The van der Waals surface area contributed by atoms with E-state index in [0.717, 1.165) is 23.7 Å². The van der Waals surface area contributed by atoms with Gasteiger partial charge < -0.3 is 5.32 Å². The van der Waals surface area contributed by atoms with Gasteiger partial charge in [0.15, 0.2) is 0 Å². The summed E-state index contributed by atoms with van der Waals surface area (Å²) in [6.45, 7) is 5.85. The largest absolute Gasteiger partial charge is 0.316 e. The summed E-state index contributed by atoms with van der Waals surface area (Å²) in [4.78, 5) is 0. The Morgan fingerprint density at radius 2 is 2.17 bits per heavy atom. The molecule has 0 spiro atoms. The predicted molar refractivity (Wildman–Crippen MR) is 75.8 cm³/mol. The minimum atomic E-state index is 0.771. The number of hydrogen-bond acceptors (Lipinski definition) is 2. The second-order valence-corrected chi connectivity index (χ2v) is 4.70. The van der Waals surface area contributed by atoms with Crippen molar-refractivity contribution < 1.29 is 0 Å². The zero-order chi connectivity index (χ0) is 13.1. The van der Waals surface area contributed by atoms with Crippen LogP contribution in [0.15, 0.2) is 24.4 Å². The average Bonchev–Trinajstić information content (AvgIpc) is 2.74. The number of halogens is 1. The molecular formula is C14H18ClN3. The van der Waals surface area contributed by atoms with Gasteiger partial charge in [0.05, 0.1) is 6.20 Å². The van der Waals surface area contributed by atoms with E-state index >= 15 is 0 Å². The molecule has 0 amide bonds. The van der Waals surface area contributed by atoms with Gasteiger partial charge >= 0.3 is 0 Å². The highest BCUT2D eigenvalue weighted by Gasteiger charge is 2.09. The van der Waals surface area contributed by atoms with E-state index in [-0.39, 0.29) is 0 Å². The predicted octanol–water partition coefficient (Wildman–Crippen LogP) is 3.25. The van der Waals surface area contributed by atoms with Crippen molar-refractivity contribution in [1.29, 1.82) is 0 Å². The minimum Gasteiger partial charge on any atom is -0.316 e. The Bertz CT molecular complexity index is 546. The lowest BCUT2D eigenvalue weighted by atomic mass is 10.0. The number of nitrogens with zero attached hydrogens (tertiary/aromatic N) is 2. The van der Waals surface area contributed by atoms with E-state index in [1.807, 2.05) is 30.1 Å². The first-order valence-electron chi connectivity index (χ1n) is 6.13. The molecule has 0 radical (unpaired) electrons. The normalized spacial score (nSPS) is 10.9. The summed E-state index contributed by atoms with van der Waals surface area (Å²) >= 11 is 6.17. The van der Waals surface area contributed by atoms with Crippen LogP contribution in [0, 0.1) is 6.92 Å². The van der Waals surface area contributed by atoms with E-state index < -0.39 is 0 Å². The Morgan fingerprint density at radius 3 is 2.78 bits per heavy atom. The van der Waals surface area contributed by atoms with E-state index in [2.05, 4.69) is 30.3 Å². The van der Waals surface area contributed by atoms with Gasteiger partial charge in [-0.2, -0.15) is 5.10 Å². The van der Waals surface area contributed by atoms with E-state index in [9.17, 15) is 0 Å². The highest BCUT2D eigenvalue weighted by Crippen LogP contribution is 2.27. The molecule has 3 nitrogen and oxygen atoms in total. The topological polar surface area (TPSA) is 29.9 Å². The van der Waals surface area contributed by atoms with Gasteiger partial charge in [0.2, 0.25) is 0 Å². The highest BCUT2D eigenvalue weighted by atomic mass is 35.5. The molecule has 4 heteroatoms. The maximum atomic E-state index is 6.17. The molecule has 0 bridgehead atoms. The molecule has 0 saturated heterocycles. The van der Waals surface area contributed by atoms with Gasteiger partial charge in [0.25, 0.3) is 0 Å². The number of aromatic nitrogens is 2.